The van der Waals surface area contributed by atoms with Gasteiger partial charge < -0.3 is 10.6 Å². The molecule has 2 N–H and O–H groups in total. The molecule has 1 heterocycles. The van der Waals surface area contributed by atoms with Gasteiger partial charge in [0.15, 0.2) is 0 Å². The summed E-state index contributed by atoms with van der Waals surface area (Å²) in [6.45, 7) is 8.56. The molecule has 4 nitrogen and oxygen atoms in total. The molecule has 1 amide bonds. The summed E-state index contributed by atoms with van der Waals surface area (Å²) in [7, 11) is 2.00. The van der Waals surface area contributed by atoms with Gasteiger partial charge in [0.05, 0.1) is 0 Å². The molecule has 0 radical (unpaired) electrons. The summed E-state index contributed by atoms with van der Waals surface area (Å²) in [6, 6.07) is 0.283. The van der Waals surface area contributed by atoms with Crippen LogP contribution in [-0.4, -0.2) is 54.5 Å². The summed E-state index contributed by atoms with van der Waals surface area (Å²) >= 11 is 0. The molecule has 0 bridgehead atoms. The third-order valence-corrected chi connectivity index (χ3v) is 3.41. The number of nitrogens with two attached hydrogens (primary N) is 1. The van der Waals surface area contributed by atoms with Crippen LogP contribution in [0.25, 0.3) is 0 Å². The van der Waals surface area contributed by atoms with Crippen LogP contribution in [0.3, 0.4) is 0 Å². The van der Waals surface area contributed by atoms with Gasteiger partial charge in [0.25, 0.3) is 0 Å². The van der Waals surface area contributed by atoms with E-state index in [4.69, 9.17) is 5.73 Å². The number of nitrogens with zero attached hydrogens (tertiary/aromatic N) is 2. The Balaban J connectivity index is 2.78. The minimum Gasteiger partial charge on any atom is -0.341 e. The predicted octanol–water partition coefficient (Wildman–Crippen LogP) is 0.522. The van der Waals surface area contributed by atoms with Gasteiger partial charge in [0.2, 0.25) is 5.91 Å². The molecule has 2 atom stereocenters. The van der Waals surface area contributed by atoms with E-state index >= 15 is 0 Å². The predicted molar refractivity (Wildman–Crippen MR) is 66.1 cm³/mol. The van der Waals surface area contributed by atoms with Crippen LogP contribution in [0.1, 0.15) is 27.2 Å². The molecule has 4 heteroatoms. The van der Waals surface area contributed by atoms with Crippen LogP contribution >= 0.6 is 0 Å². The van der Waals surface area contributed by atoms with Crippen LogP contribution in [0, 0.1) is 5.92 Å². The Kier molecular flexibility index (Phi) is 4.74. The lowest BCUT2D eigenvalue weighted by molar-refractivity contribution is -0.135. The van der Waals surface area contributed by atoms with Crippen LogP contribution in [0.15, 0.2) is 0 Å². The van der Waals surface area contributed by atoms with Crippen LogP contribution in [0.5, 0.6) is 0 Å². The van der Waals surface area contributed by atoms with E-state index in [1.165, 1.54) is 0 Å². The lowest BCUT2D eigenvalue weighted by Crippen LogP contribution is -2.50. The summed E-state index contributed by atoms with van der Waals surface area (Å²) in [5, 5.41) is 0. The third kappa shape index (κ3) is 2.95. The van der Waals surface area contributed by atoms with Crippen molar-refractivity contribution in [2.75, 3.05) is 26.7 Å². The molecule has 0 aliphatic carbocycles. The minimum atomic E-state index is -0.142. The molecular formula is C12H25N3O. The molecular weight excluding hydrogens is 202 g/mol. The van der Waals surface area contributed by atoms with E-state index in [9.17, 15) is 4.79 Å². The number of carbonyl (C=O) groups excluding carboxylic acids is 1. The highest BCUT2D eigenvalue weighted by molar-refractivity contribution is 5.82. The number of amides is 1. The lowest BCUT2D eigenvalue weighted by Gasteiger charge is -2.29. The minimum absolute atomic E-state index is 0.142. The van der Waals surface area contributed by atoms with Gasteiger partial charge in [-0.05, 0) is 26.3 Å². The summed E-state index contributed by atoms with van der Waals surface area (Å²) in [6.07, 6.45) is 1.03. The maximum absolute atomic E-state index is 12.3. The number of likely N-dealkylation sites (N-methyl/N-ethyl adjacent to an activating group) is 1. The Labute approximate surface area is 98.8 Å². The van der Waals surface area contributed by atoms with E-state index in [0.29, 0.717) is 18.5 Å². The molecule has 1 rings (SSSR count). The molecule has 1 fully saturated rings. The average Bonchev–Trinajstić information content (AvgIpc) is 2.31. The molecule has 1 saturated heterocycles. The number of carbonyl (C=O) groups is 1. The van der Waals surface area contributed by atoms with Crippen molar-refractivity contribution in [3.05, 3.63) is 0 Å². The van der Waals surface area contributed by atoms with Gasteiger partial charge in [0.1, 0.15) is 6.04 Å². The largest absolute Gasteiger partial charge is 0.341 e. The first-order chi connectivity index (χ1) is 7.47. The fourth-order valence-electron chi connectivity index (χ4n) is 2.24. The van der Waals surface area contributed by atoms with Crippen molar-refractivity contribution in [1.82, 2.24) is 9.80 Å². The molecule has 1 aliphatic heterocycles. The Morgan fingerprint density at radius 1 is 1.50 bits per heavy atom. The van der Waals surface area contributed by atoms with Crippen molar-refractivity contribution in [3.63, 3.8) is 0 Å². The Hall–Kier alpha value is -0.610. The van der Waals surface area contributed by atoms with Crippen LogP contribution in [0.2, 0.25) is 0 Å². The smallest absolute Gasteiger partial charge is 0.241 e. The first kappa shape index (κ1) is 13.5. The Morgan fingerprint density at radius 2 is 2.12 bits per heavy atom. The molecule has 1 aliphatic rings. The molecule has 0 saturated carbocycles. The van der Waals surface area contributed by atoms with Crippen molar-refractivity contribution in [2.45, 2.75) is 39.3 Å². The van der Waals surface area contributed by atoms with E-state index < -0.39 is 0 Å². The molecule has 0 aromatic carbocycles. The van der Waals surface area contributed by atoms with Gasteiger partial charge >= 0.3 is 0 Å². The first-order valence-electron chi connectivity index (χ1n) is 6.18. The summed E-state index contributed by atoms with van der Waals surface area (Å²) in [5.74, 6) is 0.712. The quantitative estimate of drug-likeness (QED) is 0.765. The second-order valence-electron chi connectivity index (χ2n) is 5.23. The van der Waals surface area contributed by atoms with Crippen LogP contribution in [-0.2, 0) is 4.79 Å². The molecule has 94 valence electrons. The average molecular weight is 227 g/mol. The van der Waals surface area contributed by atoms with Crippen molar-refractivity contribution in [3.8, 4) is 0 Å². The van der Waals surface area contributed by atoms with Gasteiger partial charge in [-0.25, -0.2) is 0 Å². The molecule has 16 heavy (non-hydrogen) atoms. The highest BCUT2D eigenvalue weighted by atomic mass is 16.2. The maximum Gasteiger partial charge on any atom is 0.241 e. The fraction of sp³-hybridized carbons (Fsp3) is 0.917. The van der Waals surface area contributed by atoms with Gasteiger partial charge in [-0.3, -0.25) is 9.69 Å². The molecule has 2 unspecified atom stereocenters. The maximum atomic E-state index is 12.3. The summed E-state index contributed by atoms with van der Waals surface area (Å²) in [4.78, 5) is 16.4. The lowest BCUT2D eigenvalue weighted by atomic mass is 10.1. The highest BCUT2D eigenvalue weighted by Gasteiger charge is 2.32. The first-order valence-corrected chi connectivity index (χ1v) is 6.18. The SMILES string of the molecule is CC(C)CN1CCC(C)N(C)C(CN)C1=O. The number of hydrogen-bond donors (Lipinski definition) is 1. The topological polar surface area (TPSA) is 49.6 Å². The second kappa shape index (κ2) is 5.64. The van der Waals surface area contributed by atoms with Crippen molar-refractivity contribution < 1.29 is 4.79 Å². The van der Waals surface area contributed by atoms with E-state index in [-0.39, 0.29) is 11.9 Å². The number of rotatable bonds is 3. The van der Waals surface area contributed by atoms with Crippen molar-refractivity contribution >= 4 is 5.91 Å². The van der Waals surface area contributed by atoms with E-state index in [1.54, 1.807) is 0 Å². The van der Waals surface area contributed by atoms with Crippen LogP contribution < -0.4 is 5.73 Å². The van der Waals surface area contributed by atoms with Gasteiger partial charge in [-0.2, -0.15) is 0 Å². The Morgan fingerprint density at radius 3 is 2.62 bits per heavy atom. The van der Waals surface area contributed by atoms with E-state index in [2.05, 4.69) is 25.7 Å². The van der Waals surface area contributed by atoms with Gasteiger partial charge in [-0.15, -0.1) is 0 Å². The molecule has 0 spiro atoms. The van der Waals surface area contributed by atoms with Gasteiger partial charge in [0, 0.05) is 25.7 Å². The standard InChI is InChI=1S/C12H25N3O/c1-9(2)8-15-6-5-10(3)14(4)11(7-13)12(15)16/h9-11H,5-8,13H2,1-4H3. The molecule has 0 aromatic heterocycles. The number of hydrogen-bond acceptors (Lipinski definition) is 3. The third-order valence-electron chi connectivity index (χ3n) is 3.41. The van der Waals surface area contributed by atoms with Crippen molar-refractivity contribution in [2.24, 2.45) is 11.7 Å². The zero-order valence-corrected chi connectivity index (χ0v) is 10.9. The van der Waals surface area contributed by atoms with Gasteiger partial charge in [-0.1, -0.05) is 13.8 Å². The fourth-order valence-corrected chi connectivity index (χ4v) is 2.24. The van der Waals surface area contributed by atoms with Crippen molar-refractivity contribution in [1.29, 1.82) is 0 Å². The monoisotopic (exact) mass is 227 g/mol. The summed E-state index contributed by atoms with van der Waals surface area (Å²) < 4.78 is 0. The van der Waals surface area contributed by atoms with E-state index in [0.717, 1.165) is 19.5 Å². The second-order valence-corrected chi connectivity index (χ2v) is 5.23. The zero-order valence-electron chi connectivity index (χ0n) is 10.9. The van der Waals surface area contributed by atoms with E-state index in [1.807, 2.05) is 11.9 Å². The Bertz CT molecular complexity index is 242. The summed E-state index contributed by atoms with van der Waals surface area (Å²) in [5.41, 5.74) is 5.72. The zero-order chi connectivity index (χ0) is 12.3. The van der Waals surface area contributed by atoms with Crippen LogP contribution in [0.4, 0.5) is 0 Å². The highest BCUT2D eigenvalue weighted by Crippen LogP contribution is 2.16. The normalized spacial score (nSPS) is 28.6. The molecule has 0 aromatic rings.